The molecule has 0 aromatic heterocycles. The highest BCUT2D eigenvalue weighted by molar-refractivity contribution is 5.01. The maximum absolute atomic E-state index is 3.94. The van der Waals surface area contributed by atoms with Crippen molar-refractivity contribution in [3.63, 3.8) is 0 Å². The molecule has 2 aliphatic carbocycles. The molecule has 4 atom stereocenters. The summed E-state index contributed by atoms with van der Waals surface area (Å²) in [6.07, 6.45) is 8.00. The van der Waals surface area contributed by atoms with Crippen LogP contribution in [0.25, 0.3) is 0 Å². The maximum Gasteiger partial charge on any atom is -0.0205 e. The molecule has 0 spiro atoms. The van der Waals surface area contributed by atoms with Gasteiger partial charge >= 0.3 is 0 Å². The van der Waals surface area contributed by atoms with Crippen molar-refractivity contribution in [2.45, 2.75) is 32.6 Å². The van der Waals surface area contributed by atoms with E-state index >= 15 is 0 Å². The molecule has 2 saturated carbocycles. The molecule has 0 amide bonds. The van der Waals surface area contributed by atoms with Crippen molar-refractivity contribution in [1.82, 2.24) is 0 Å². The first-order chi connectivity index (χ1) is 5.36. The van der Waals surface area contributed by atoms with Crippen LogP contribution in [0.4, 0.5) is 0 Å². The fourth-order valence-electron chi connectivity index (χ4n) is 2.96. The van der Waals surface area contributed by atoms with Crippen molar-refractivity contribution in [2.24, 2.45) is 23.7 Å². The van der Waals surface area contributed by atoms with Crippen LogP contribution in [0.15, 0.2) is 12.7 Å². The van der Waals surface area contributed by atoms with Crippen LogP contribution in [-0.4, -0.2) is 0 Å². The van der Waals surface area contributed by atoms with E-state index in [0.717, 1.165) is 23.7 Å². The van der Waals surface area contributed by atoms with E-state index in [1.807, 2.05) is 0 Å². The molecule has 0 radical (unpaired) electrons. The largest absolute Gasteiger partial charge is 0.103 e. The van der Waals surface area contributed by atoms with Crippen LogP contribution in [0.3, 0.4) is 0 Å². The minimum atomic E-state index is 0.851. The predicted octanol–water partition coefficient (Wildman–Crippen LogP) is 3.24. The van der Waals surface area contributed by atoms with Gasteiger partial charge in [0.15, 0.2) is 0 Å². The Hall–Kier alpha value is -0.260. The van der Waals surface area contributed by atoms with E-state index < -0.39 is 0 Å². The minimum absolute atomic E-state index is 0.851. The molecule has 2 aliphatic rings. The summed E-state index contributed by atoms with van der Waals surface area (Å²) in [5.74, 6) is 4.06. The van der Waals surface area contributed by atoms with Crippen LogP contribution in [0, 0.1) is 23.7 Å². The van der Waals surface area contributed by atoms with Gasteiger partial charge in [-0.25, -0.2) is 0 Å². The fourth-order valence-corrected chi connectivity index (χ4v) is 2.96. The van der Waals surface area contributed by atoms with E-state index in [1.165, 1.54) is 25.7 Å². The smallest absolute Gasteiger partial charge is 0.0205 e. The Morgan fingerprint density at radius 2 is 2.27 bits per heavy atom. The highest BCUT2D eigenvalue weighted by atomic mass is 14.5. The molecule has 11 heavy (non-hydrogen) atoms. The average Bonchev–Trinajstić information content (AvgIpc) is 2.80. The molecule has 62 valence electrons. The SMILES string of the molecule is C=CC1CCC2CC2C1CC. The lowest BCUT2D eigenvalue weighted by molar-refractivity contribution is 0.258. The Labute approximate surface area is 69.7 Å². The van der Waals surface area contributed by atoms with Crippen LogP contribution in [0.2, 0.25) is 0 Å². The van der Waals surface area contributed by atoms with Crippen LogP contribution in [-0.2, 0) is 0 Å². The summed E-state index contributed by atoms with van der Waals surface area (Å²) in [5, 5.41) is 0. The molecular formula is C11H18. The van der Waals surface area contributed by atoms with Gasteiger partial charge in [0, 0.05) is 0 Å². The van der Waals surface area contributed by atoms with Gasteiger partial charge in [0.1, 0.15) is 0 Å². The van der Waals surface area contributed by atoms with Crippen molar-refractivity contribution >= 4 is 0 Å². The molecule has 0 aromatic rings. The number of hydrogen-bond donors (Lipinski definition) is 0. The third kappa shape index (κ3) is 1.13. The van der Waals surface area contributed by atoms with Gasteiger partial charge in [-0.2, -0.15) is 0 Å². The summed E-state index contributed by atoms with van der Waals surface area (Å²) in [6.45, 7) is 6.27. The third-order valence-corrected chi connectivity index (χ3v) is 3.72. The standard InChI is InChI=1S/C11H18/c1-3-8-5-6-9-7-11(9)10(8)4-2/h3,8-11H,1,4-7H2,2H3. The quantitative estimate of drug-likeness (QED) is 0.530. The summed E-state index contributed by atoms with van der Waals surface area (Å²) in [5.41, 5.74) is 0. The molecule has 0 bridgehead atoms. The molecular weight excluding hydrogens is 132 g/mol. The van der Waals surface area contributed by atoms with E-state index in [9.17, 15) is 0 Å². The predicted molar refractivity (Wildman–Crippen MR) is 48.3 cm³/mol. The minimum Gasteiger partial charge on any atom is -0.103 e. The number of rotatable bonds is 2. The Morgan fingerprint density at radius 1 is 1.45 bits per heavy atom. The van der Waals surface area contributed by atoms with Crippen molar-refractivity contribution in [2.75, 3.05) is 0 Å². The van der Waals surface area contributed by atoms with Crippen molar-refractivity contribution in [3.05, 3.63) is 12.7 Å². The highest BCUT2D eigenvalue weighted by Gasteiger charge is 2.47. The zero-order chi connectivity index (χ0) is 7.84. The van der Waals surface area contributed by atoms with Gasteiger partial charge in [-0.15, -0.1) is 6.58 Å². The lowest BCUT2D eigenvalue weighted by Gasteiger charge is -2.27. The summed E-state index contributed by atoms with van der Waals surface area (Å²) >= 11 is 0. The van der Waals surface area contributed by atoms with Crippen molar-refractivity contribution in [3.8, 4) is 0 Å². The second-order valence-corrected chi connectivity index (χ2v) is 4.21. The molecule has 0 heterocycles. The van der Waals surface area contributed by atoms with Crippen molar-refractivity contribution < 1.29 is 0 Å². The van der Waals surface area contributed by atoms with E-state index in [-0.39, 0.29) is 0 Å². The topological polar surface area (TPSA) is 0 Å². The zero-order valence-corrected chi connectivity index (χ0v) is 7.42. The second-order valence-electron chi connectivity index (χ2n) is 4.21. The molecule has 0 nitrogen and oxygen atoms in total. The van der Waals surface area contributed by atoms with Gasteiger partial charge in [0.05, 0.1) is 0 Å². The Morgan fingerprint density at radius 3 is 2.91 bits per heavy atom. The highest BCUT2D eigenvalue weighted by Crippen LogP contribution is 2.55. The molecule has 2 fully saturated rings. The van der Waals surface area contributed by atoms with Gasteiger partial charge in [-0.3, -0.25) is 0 Å². The Balaban J connectivity index is 2.03. The van der Waals surface area contributed by atoms with E-state index in [1.54, 1.807) is 0 Å². The second kappa shape index (κ2) is 2.66. The maximum atomic E-state index is 3.94. The zero-order valence-electron chi connectivity index (χ0n) is 7.42. The molecule has 2 rings (SSSR count). The molecule has 0 saturated heterocycles. The van der Waals surface area contributed by atoms with E-state index in [0.29, 0.717) is 0 Å². The molecule has 4 unspecified atom stereocenters. The van der Waals surface area contributed by atoms with E-state index in [4.69, 9.17) is 0 Å². The molecule has 0 heteroatoms. The van der Waals surface area contributed by atoms with Gasteiger partial charge < -0.3 is 0 Å². The van der Waals surface area contributed by atoms with Gasteiger partial charge in [-0.1, -0.05) is 19.4 Å². The first-order valence-electron chi connectivity index (χ1n) is 4.99. The lowest BCUT2D eigenvalue weighted by Crippen LogP contribution is -2.19. The van der Waals surface area contributed by atoms with Gasteiger partial charge in [-0.05, 0) is 42.9 Å². The first kappa shape index (κ1) is 7.39. The fraction of sp³-hybridized carbons (Fsp3) is 0.818. The summed E-state index contributed by atoms with van der Waals surface area (Å²) in [6, 6.07) is 0. The number of allylic oxidation sites excluding steroid dienone is 1. The lowest BCUT2D eigenvalue weighted by atomic mass is 9.78. The van der Waals surface area contributed by atoms with Gasteiger partial charge in [0.25, 0.3) is 0 Å². The van der Waals surface area contributed by atoms with Gasteiger partial charge in [0.2, 0.25) is 0 Å². The van der Waals surface area contributed by atoms with Crippen LogP contribution >= 0.6 is 0 Å². The van der Waals surface area contributed by atoms with Crippen LogP contribution < -0.4 is 0 Å². The average molecular weight is 150 g/mol. The van der Waals surface area contributed by atoms with Crippen LogP contribution in [0.1, 0.15) is 32.6 Å². The first-order valence-corrected chi connectivity index (χ1v) is 4.99. The number of hydrogen-bond acceptors (Lipinski definition) is 0. The Bertz CT molecular complexity index is 159. The molecule has 0 aromatic carbocycles. The third-order valence-electron chi connectivity index (χ3n) is 3.72. The monoisotopic (exact) mass is 150 g/mol. The van der Waals surface area contributed by atoms with E-state index in [2.05, 4.69) is 19.6 Å². The normalized spacial score (nSPS) is 48.1. The summed E-state index contributed by atoms with van der Waals surface area (Å²) in [7, 11) is 0. The van der Waals surface area contributed by atoms with Crippen LogP contribution in [0.5, 0.6) is 0 Å². The summed E-state index contributed by atoms with van der Waals surface area (Å²) < 4.78 is 0. The molecule has 0 aliphatic heterocycles. The summed E-state index contributed by atoms with van der Waals surface area (Å²) in [4.78, 5) is 0. The molecule has 0 N–H and O–H groups in total. The van der Waals surface area contributed by atoms with Crippen molar-refractivity contribution in [1.29, 1.82) is 0 Å². The number of fused-ring (bicyclic) bond motifs is 1. The Kier molecular flexibility index (Phi) is 1.78.